The third-order valence-electron chi connectivity index (χ3n) is 2.60. The summed E-state index contributed by atoms with van der Waals surface area (Å²) in [5.41, 5.74) is 0.961. The van der Waals surface area contributed by atoms with Crippen LogP contribution in [0.2, 0.25) is 0 Å². The molecule has 4 nitrogen and oxygen atoms in total. The second-order valence-corrected chi connectivity index (χ2v) is 7.14. The standard InChI is InChI=1S/C15H21NO3S/c1-10-8-12(20-11(10)6-7-13(17)18)14(19)16(5)9-15(2,3)4/h6-8H,9H2,1-5H3,(H,17,18)/b7-6+. The molecule has 0 atom stereocenters. The number of carboxylic acids is 1. The van der Waals surface area contributed by atoms with Crippen LogP contribution in [-0.2, 0) is 4.79 Å². The van der Waals surface area contributed by atoms with Gasteiger partial charge in [0.25, 0.3) is 5.91 Å². The largest absolute Gasteiger partial charge is 0.478 e. The molecule has 110 valence electrons. The Hall–Kier alpha value is -1.62. The Kier molecular flexibility index (Phi) is 5.11. The van der Waals surface area contributed by atoms with Gasteiger partial charge in [-0.05, 0) is 30.0 Å². The van der Waals surface area contributed by atoms with E-state index in [0.29, 0.717) is 11.4 Å². The molecule has 0 aliphatic carbocycles. The van der Waals surface area contributed by atoms with Crippen LogP contribution in [-0.4, -0.2) is 35.5 Å². The molecule has 1 N–H and O–H groups in total. The molecule has 1 aromatic heterocycles. The first-order valence-corrected chi connectivity index (χ1v) is 7.19. The smallest absolute Gasteiger partial charge is 0.328 e. The predicted molar refractivity (Wildman–Crippen MR) is 82.1 cm³/mol. The summed E-state index contributed by atoms with van der Waals surface area (Å²) in [7, 11) is 1.79. The van der Waals surface area contributed by atoms with Crippen molar-refractivity contribution in [3.63, 3.8) is 0 Å². The van der Waals surface area contributed by atoms with Crippen LogP contribution < -0.4 is 0 Å². The van der Waals surface area contributed by atoms with E-state index in [1.807, 2.05) is 13.0 Å². The fraction of sp³-hybridized carbons (Fsp3) is 0.467. The summed E-state index contributed by atoms with van der Waals surface area (Å²) in [4.78, 5) is 26.0. The van der Waals surface area contributed by atoms with Crippen molar-refractivity contribution in [1.82, 2.24) is 4.90 Å². The molecule has 1 heterocycles. The molecule has 20 heavy (non-hydrogen) atoms. The number of carboxylic acid groups (broad SMARTS) is 1. The van der Waals surface area contributed by atoms with Gasteiger partial charge < -0.3 is 10.0 Å². The lowest BCUT2D eigenvalue weighted by molar-refractivity contribution is -0.131. The third-order valence-corrected chi connectivity index (χ3v) is 3.79. The molecule has 0 radical (unpaired) electrons. The molecule has 1 amide bonds. The van der Waals surface area contributed by atoms with Gasteiger partial charge in [0.05, 0.1) is 4.88 Å². The van der Waals surface area contributed by atoms with Crippen molar-refractivity contribution in [2.24, 2.45) is 5.41 Å². The Labute approximate surface area is 123 Å². The minimum absolute atomic E-state index is 0.0250. The number of rotatable bonds is 4. The molecule has 1 aromatic rings. The van der Waals surface area contributed by atoms with E-state index in [0.717, 1.165) is 16.5 Å². The van der Waals surface area contributed by atoms with Gasteiger partial charge in [-0.2, -0.15) is 0 Å². The molecule has 0 saturated carbocycles. The summed E-state index contributed by atoms with van der Waals surface area (Å²) in [5.74, 6) is -1.02. The van der Waals surface area contributed by atoms with E-state index < -0.39 is 5.97 Å². The molecule has 0 aromatic carbocycles. The molecule has 0 fully saturated rings. The Morgan fingerprint density at radius 3 is 2.50 bits per heavy atom. The zero-order chi connectivity index (χ0) is 15.5. The van der Waals surface area contributed by atoms with E-state index >= 15 is 0 Å². The number of thiophene rings is 1. The summed E-state index contributed by atoms with van der Waals surface area (Å²) in [6, 6.07) is 1.81. The molecule has 0 aliphatic rings. The van der Waals surface area contributed by atoms with Crippen molar-refractivity contribution in [2.75, 3.05) is 13.6 Å². The fourth-order valence-electron chi connectivity index (χ4n) is 1.89. The van der Waals surface area contributed by atoms with E-state index in [4.69, 9.17) is 5.11 Å². The molecule has 1 rings (SSSR count). The number of carbonyl (C=O) groups excluding carboxylic acids is 1. The summed E-state index contributed by atoms with van der Waals surface area (Å²) in [5, 5.41) is 8.64. The van der Waals surface area contributed by atoms with Gasteiger partial charge >= 0.3 is 5.97 Å². The van der Waals surface area contributed by atoms with Crippen molar-refractivity contribution in [2.45, 2.75) is 27.7 Å². The van der Waals surface area contributed by atoms with Crippen LogP contribution in [0.25, 0.3) is 6.08 Å². The van der Waals surface area contributed by atoms with Crippen LogP contribution in [0.5, 0.6) is 0 Å². The molecule has 0 aliphatic heterocycles. The van der Waals surface area contributed by atoms with Crippen molar-refractivity contribution in [3.8, 4) is 0 Å². The molecule has 0 spiro atoms. The fourth-order valence-corrected chi connectivity index (χ4v) is 2.96. The first-order valence-electron chi connectivity index (χ1n) is 6.37. The molecule has 0 saturated heterocycles. The average Bonchev–Trinajstić information content (AvgIpc) is 2.64. The number of aliphatic carboxylic acids is 1. The average molecular weight is 295 g/mol. The van der Waals surface area contributed by atoms with E-state index in [2.05, 4.69) is 20.8 Å². The Morgan fingerprint density at radius 2 is 2.00 bits per heavy atom. The lowest BCUT2D eigenvalue weighted by Crippen LogP contribution is -2.34. The van der Waals surface area contributed by atoms with Gasteiger partial charge in [-0.25, -0.2) is 4.79 Å². The topological polar surface area (TPSA) is 57.6 Å². The highest BCUT2D eigenvalue weighted by Crippen LogP contribution is 2.25. The van der Waals surface area contributed by atoms with E-state index in [1.165, 1.54) is 17.4 Å². The first-order chi connectivity index (χ1) is 9.10. The van der Waals surface area contributed by atoms with Crippen molar-refractivity contribution in [3.05, 3.63) is 27.5 Å². The molecule has 0 unspecified atom stereocenters. The van der Waals surface area contributed by atoms with Gasteiger partial charge in [-0.15, -0.1) is 11.3 Å². The highest BCUT2D eigenvalue weighted by atomic mass is 32.1. The van der Waals surface area contributed by atoms with Crippen LogP contribution in [0, 0.1) is 12.3 Å². The van der Waals surface area contributed by atoms with Gasteiger partial charge in [0.1, 0.15) is 0 Å². The van der Waals surface area contributed by atoms with E-state index in [-0.39, 0.29) is 11.3 Å². The summed E-state index contributed by atoms with van der Waals surface area (Å²) >= 11 is 1.32. The lowest BCUT2D eigenvalue weighted by Gasteiger charge is -2.26. The van der Waals surface area contributed by atoms with Gasteiger partial charge in [-0.1, -0.05) is 20.8 Å². The zero-order valence-electron chi connectivity index (χ0n) is 12.6. The number of hydrogen-bond acceptors (Lipinski definition) is 3. The quantitative estimate of drug-likeness (QED) is 0.867. The van der Waals surface area contributed by atoms with Crippen LogP contribution >= 0.6 is 11.3 Å². The van der Waals surface area contributed by atoms with Crippen LogP contribution in [0.3, 0.4) is 0 Å². The van der Waals surface area contributed by atoms with Gasteiger partial charge in [-0.3, -0.25) is 4.79 Å². The summed E-state index contributed by atoms with van der Waals surface area (Å²) in [6.45, 7) is 8.79. The van der Waals surface area contributed by atoms with Crippen LogP contribution in [0.1, 0.15) is 40.9 Å². The third kappa shape index (κ3) is 4.81. The summed E-state index contributed by atoms with van der Waals surface area (Å²) in [6.07, 6.45) is 2.62. The highest BCUT2D eigenvalue weighted by molar-refractivity contribution is 7.15. The molecular formula is C15H21NO3S. The zero-order valence-corrected chi connectivity index (χ0v) is 13.4. The molecular weight excluding hydrogens is 274 g/mol. The summed E-state index contributed by atoms with van der Waals surface area (Å²) < 4.78 is 0. The minimum atomic E-state index is -0.990. The van der Waals surface area contributed by atoms with Crippen LogP contribution in [0.4, 0.5) is 0 Å². The lowest BCUT2D eigenvalue weighted by atomic mass is 9.96. The van der Waals surface area contributed by atoms with Gasteiger partial charge in [0.15, 0.2) is 0 Å². The van der Waals surface area contributed by atoms with Gasteiger partial charge in [0, 0.05) is 24.5 Å². The number of amides is 1. The SMILES string of the molecule is Cc1cc(C(=O)N(C)CC(C)(C)C)sc1/C=C/C(=O)O. The maximum atomic E-state index is 12.3. The highest BCUT2D eigenvalue weighted by Gasteiger charge is 2.20. The number of hydrogen-bond donors (Lipinski definition) is 1. The van der Waals surface area contributed by atoms with Crippen molar-refractivity contribution < 1.29 is 14.7 Å². The van der Waals surface area contributed by atoms with Crippen molar-refractivity contribution in [1.29, 1.82) is 0 Å². The maximum absolute atomic E-state index is 12.3. The predicted octanol–water partition coefficient (Wildman–Crippen LogP) is 3.27. The Morgan fingerprint density at radius 1 is 1.40 bits per heavy atom. The molecule has 5 heteroatoms. The minimum Gasteiger partial charge on any atom is -0.478 e. The maximum Gasteiger partial charge on any atom is 0.328 e. The van der Waals surface area contributed by atoms with Crippen LogP contribution in [0.15, 0.2) is 12.1 Å². The Bertz CT molecular complexity index is 538. The van der Waals surface area contributed by atoms with E-state index in [9.17, 15) is 9.59 Å². The molecule has 0 bridgehead atoms. The van der Waals surface area contributed by atoms with Crippen molar-refractivity contribution >= 4 is 29.3 Å². The second-order valence-electron chi connectivity index (χ2n) is 6.05. The number of nitrogens with zero attached hydrogens (tertiary/aromatic N) is 1. The van der Waals surface area contributed by atoms with Gasteiger partial charge in [0.2, 0.25) is 0 Å². The Balaban J connectivity index is 2.90. The normalized spacial score (nSPS) is 11.8. The first kappa shape index (κ1) is 16.4. The van der Waals surface area contributed by atoms with E-state index in [1.54, 1.807) is 11.9 Å². The number of aryl methyl sites for hydroxylation is 1. The second kappa shape index (κ2) is 6.22. The number of carbonyl (C=O) groups is 2. The monoisotopic (exact) mass is 295 g/mol.